The standard InChI is InChI=1S/C35H53N5O6S/c1-23(46-18-24-9-6-5-7-10-24)29(33(44)38-12-8-11-25(15-38)17-45-4)37-30(41)27-16-39(32(43)28-14-36-22-47-28)19-35(27)20-40(21-35)31(42)26-13-34(26,2)3/h14,22-27,29H,5-13,15-21H2,1-4H3,(H,37,41)/t23-,25-,26-,27?,29+/m1/s1. The smallest absolute Gasteiger partial charge is 0.265 e. The molecule has 5 fully saturated rings. The van der Waals surface area contributed by atoms with Gasteiger partial charge >= 0.3 is 0 Å². The van der Waals surface area contributed by atoms with Gasteiger partial charge in [-0.1, -0.05) is 33.1 Å². The maximum atomic E-state index is 14.4. The second-order valence-corrected chi connectivity index (χ2v) is 16.6. The fourth-order valence-corrected chi connectivity index (χ4v) is 9.05. The molecule has 0 aromatic carbocycles. The summed E-state index contributed by atoms with van der Waals surface area (Å²) in [5.74, 6) is -0.199. The van der Waals surface area contributed by atoms with Crippen LogP contribution in [0, 0.1) is 34.5 Å². The Labute approximate surface area is 283 Å². The Hall–Kier alpha value is -2.57. The number of nitrogens with zero attached hydrogens (tertiary/aromatic N) is 4. The molecule has 3 saturated heterocycles. The van der Waals surface area contributed by atoms with Crippen LogP contribution in [-0.2, 0) is 23.9 Å². The molecule has 11 nitrogen and oxygen atoms in total. The quantitative estimate of drug-likeness (QED) is 0.383. The Morgan fingerprint density at radius 3 is 2.32 bits per heavy atom. The molecule has 1 aromatic heterocycles. The van der Waals surface area contributed by atoms with Gasteiger partial charge in [-0.15, -0.1) is 11.3 Å². The number of aromatic nitrogens is 1. The molecule has 0 bridgehead atoms. The molecule has 3 aliphatic heterocycles. The zero-order valence-corrected chi connectivity index (χ0v) is 29.4. The summed E-state index contributed by atoms with van der Waals surface area (Å²) in [6.07, 6.45) is 9.74. The lowest BCUT2D eigenvalue weighted by atomic mass is 9.70. The van der Waals surface area contributed by atoms with Gasteiger partial charge in [0.05, 0.1) is 30.3 Å². The average Bonchev–Trinajstić information content (AvgIpc) is 3.41. The molecule has 4 heterocycles. The average molecular weight is 672 g/mol. The number of piperidine rings is 1. The maximum absolute atomic E-state index is 14.4. The van der Waals surface area contributed by atoms with Crippen LogP contribution in [-0.4, -0.2) is 115 Å². The molecule has 0 radical (unpaired) electrons. The third-order valence-electron chi connectivity index (χ3n) is 11.6. The molecular weight excluding hydrogens is 618 g/mol. The normalized spacial score (nSPS) is 28.1. The number of rotatable bonds is 11. The van der Waals surface area contributed by atoms with Crippen molar-refractivity contribution in [2.75, 3.05) is 59.6 Å². The van der Waals surface area contributed by atoms with E-state index < -0.39 is 23.5 Å². The van der Waals surface area contributed by atoms with Crippen LogP contribution in [0.3, 0.4) is 0 Å². The molecule has 5 aliphatic rings. The van der Waals surface area contributed by atoms with Crippen LogP contribution in [0.25, 0.3) is 0 Å². The zero-order chi connectivity index (χ0) is 33.3. The molecular formula is C35H53N5O6S. The molecule has 47 heavy (non-hydrogen) atoms. The predicted molar refractivity (Wildman–Crippen MR) is 178 cm³/mol. The Morgan fingerprint density at radius 2 is 1.66 bits per heavy atom. The summed E-state index contributed by atoms with van der Waals surface area (Å²) in [7, 11) is 1.69. The van der Waals surface area contributed by atoms with Crippen LogP contribution in [0.1, 0.15) is 81.8 Å². The molecule has 1 N–H and O–H groups in total. The van der Waals surface area contributed by atoms with E-state index >= 15 is 0 Å². The molecule has 5 atom stereocenters. The number of amides is 4. The highest BCUT2D eigenvalue weighted by atomic mass is 32.1. The summed E-state index contributed by atoms with van der Waals surface area (Å²) in [4.78, 5) is 65.5. The lowest BCUT2D eigenvalue weighted by Gasteiger charge is -2.50. The van der Waals surface area contributed by atoms with Crippen LogP contribution in [0.5, 0.6) is 0 Å². The number of carbonyl (C=O) groups excluding carboxylic acids is 4. The zero-order valence-electron chi connectivity index (χ0n) is 28.6. The molecule has 260 valence electrons. The number of hydrogen-bond donors (Lipinski definition) is 1. The van der Waals surface area contributed by atoms with E-state index in [1.165, 1.54) is 30.6 Å². The van der Waals surface area contributed by atoms with Gasteiger partial charge in [-0.3, -0.25) is 24.2 Å². The highest BCUT2D eigenvalue weighted by Gasteiger charge is 2.62. The summed E-state index contributed by atoms with van der Waals surface area (Å²) >= 11 is 1.28. The summed E-state index contributed by atoms with van der Waals surface area (Å²) in [5, 5.41) is 3.16. The lowest BCUT2D eigenvalue weighted by Crippen LogP contribution is -2.65. The van der Waals surface area contributed by atoms with Gasteiger partial charge in [-0.05, 0) is 56.3 Å². The van der Waals surface area contributed by atoms with Crippen molar-refractivity contribution < 1.29 is 28.7 Å². The van der Waals surface area contributed by atoms with Crippen molar-refractivity contribution in [3.8, 4) is 0 Å². The van der Waals surface area contributed by atoms with Gasteiger partial charge in [0, 0.05) is 64.3 Å². The van der Waals surface area contributed by atoms with Gasteiger partial charge in [0.1, 0.15) is 10.9 Å². The van der Waals surface area contributed by atoms with Gasteiger partial charge < -0.3 is 29.5 Å². The molecule has 1 unspecified atom stereocenters. The van der Waals surface area contributed by atoms with Crippen molar-refractivity contribution in [1.82, 2.24) is 25.0 Å². The van der Waals surface area contributed by atoms with Crippen LogP contribution in [0.2, 0.25) is 0 Å². The van der Waals surface area contributed by atoms with Gasteiger partial charge in [0.2, 0.25) is 17.7 Å². The van der Waals surface area contributed by atoms with Gasteiger partial charge in [-0.2, -0.15) is 0 Å². The first-order valence-corrected chi connectivity index (χ1v) is 18.6. The third kappa shape index (κ3) is 7.39. The van der Waals surface area contributed by atoms with Crippen molar-refractivity contribution in [3.63, 3.8) is 0 Å². The van der Waals surface area contributed by atoms with E-state index in [0.717, 1.165) is 32.1 Å². The molecule has 6 rings (SSSR count). The summed E-state index contributed by atoms with van der Waals surface area (Å²) < 4.78 is 11.8. The van der Waals surface area contributed by atoms with E-state index in [2.05, 4.69) is 24.1 Å². The minimum Gasteiger partial charge on any atom is -0.384 e. The molecule has 2 aliphatic carbocycles. The van der Waals surface area contributed by atoms with Crippen LogP contribution in [0.15, 0.2) is 11.7 Å². The van der Waals surface area contributed by atoms with Gasteiger partial charge in [0.15, 0.2) is 0 Å². The highest BCUT2D eigenvalue weighted by molar-refractivity contribution is 7.11. The van der Waals surface area contributed by atoms with Crippen LogP contribution >= 0.6 is 11.3 Å². The number of thiazole rings is 1. The van der Waals surface area contributed by atoms with E-state index in [1.54, 1.807) is 23.7 Å². The van der Waals surface area contributed by atoms with Crippen LogP contribution < -0.4 is 5.32 Å². The maximum Gasteiger partial charge on any atom is 0.265 e. The van der Waals surface area contributed by atoms with Gasteiger partial charge in [0.25, 0.3) is 5.91 Å². The SMILES string of the molecule is COC[C@@H]1CCCN(C(=O)[C@@H](NC(=O)C2CN(C(=O)c3cncs3)CC23CN(C(=O)[C@H]2CC2(C)C)C3)[C@@H](C)OCC2CCCCC2)C1. The Kier molecular flexibility index (Phi) is 10.3. The molecule has 1 spiro atoms. The van der Waals surface area contributed by atoms with Crippen molar-refractivity contribution >= 4 is 35.0 Å². The van der Waals surface area contributed by atoms with E-state index in [1.807, 2.05) is 16.7 Å². The molecule has 2 saturated carbocycles. The highest BCUT2D eigenvalue weighted by Crippen LogP contribution is 2.54. The Bertz CT molecular complexity index is 1290. The number of likely N-dealkylation sites (tertiary alicyclic amines) is 3. The minimum atomic E-state index is -0.847. The Morgan fingerprint density at radius 1 is 0.957 bits per heavy atom. The molecule has 1 aromatic rings. The number of methoxy groups -OCH3 is 1. The van der Waals surface area contributed by atoms with Gasteiger partial charge in [-0.25, -0.2) is 0 Å². The largest absolute Gasteiger partial charge is 0.384 e. The lowest BCUT2D eigenvalue weighted by molar-refractivity contribution is -0.153. The first-order valence-electron chi connectivity index (χ1n) is 17.7. The van der Waals surface area contributed by atoms with E-state index in [0.29, 0.717) is 56.7 Å². The number of hydrogen-bond acceptors (Lipinski definition) is 8. The van der Waals surface area contributed by atoms with Crippen molar-refractivity contribution in [3.05, 3.63) is 16.6 Å². The first kappa shape index (κ1) is 34.3. The third-order valence-corrected chi connectivity index (χ3v) is 12.4. The van der Waals surface area contributed by atoms with Crippen molar-refractivity contribution in [1.29, 1.82) is 0 Å². The second kappa shape index (κ2) is 14.1. The predicted octanol–water partition coefficient (Wildman–Crippen LogP) is 3.45. The second-order valence-electron chi connectivity index (χ2n) is 15.7. The summed E-state index contributed by atoms with van der Waals surface area (Å²) in [6.45, 7) is 10.00. The van der Waals surface area contributed by atoms with E-state index in [-0.39, 0.29) is 47.4 Å². The van der Waals surface area contributed by atoms with E-state index in [9.17, 15) is 19.2 Å². The summed E-state index contributed by atoms with van der Waals surface area (Å²) in [6, 6.07) is -0.847. The number of nitrogens with one attached hydrogen (secondary N) is 1. The van der Waals surface area contributed by atoms with E-state index in [4.69, 9.17) is 9.47 Å². The fraction of sp³-hybridized carbons (Fsp3) is 0.800. The minimum absolute atomic E-state index is 0.0124. The Balaban J connectivity index is 1.19. The molecule has 4 amide bonds. The fourth-order valence-electron chi connectivity index (χ4n) is 8.47. The summed E-state index contributed by atoms with van der Waals surface area (Å²) in [5.41, 5.74) is 1.08. The first-order chi connectivity index (χ1) is 22.5. The number of ether oxygens (including phenoxy) is 2. The molecule has 12 heteroatoms. The van der Waals surface area contributed by atoms with Crippen LogP contribution in [0.4, 0.5) is 0 Å². The van der Waals surface area contributed by atoms with Crippen molar-refractivity contribution in [2.45, 2.75) is 84.3 Å². The number of carbonyl (C=O) groups is 4. The van der Waals surface area contributed by atoms with Crippen molar-refractivity contribution in [2.24, 2.45) is 34.5 Å². The monoisotopic (exact) mass is 671 g/mol. The topological polar surface area (TPSA) is 121 Å².